The number of nitrogen functional groups attached to an aromatic ring is 1. The van der Waals surface area contributed by atoms with Crippen LogP contribution in [0.2, 0.25) is 0 Å². The Morgan fingerprint density at radius 2 is 2.11 bits per heavy atom. The van der Waals surface area contributed by atoms with Gasteiger partial charge in [-0.05, 0) is 43.7 Å². The molecule has 4 heteroatoms. The zero-order valence-electron chi connectivity index (χ0n) is 11.1. The molecule has 1 fully saturated rings. The summed E-state index contributed by atoms with van der Waals surface area (Å²) in [5, 5.41) is 0. The average Bonchev–Trinajstić information content (AvgIpc) is 2.60. The number of imidazole rings is 1. The minimum Gasteiger partial charge on any atom is -0.369 e. The second-order valence-electron chi connectivity index (χ2n) is 5.56. The Balaban J connectivity index is 2.05. The first-order valence-electron chi connectivity index (χ1n) is 6.73. The summed E-state index contributed by atoms with van der Waals surface area (Å²) >= 11 is 0. The largest absolute Gasteiger partial charge is 0.369 e. The third-order valence-electron chi connectivity index (χ3n) is 4.42. The summed E-state index contributed by atoms with van der Waals surface area (Å²) in [5.41, 5.74) is 9.34. The first-order valence-corrected chi connectivity index (χ1v) is 6.73. The van der Waals surface area contributed by atoms with Crippen molar-refractivity contribution < 1.29 is 0 Å². The van der Waals surface area contributed by atoms with Crippen LogP contribution < -0.4 is 5.73 Å². The highest BCUT2D eigenvalue weighted by Gasteiger charge is 2.36. The van der Waals surface area contributed by atoms with Gasteiger partial charge in [-0.3, -0.25) is 4.57 Å². The van der Waals surface area contributed by atoms with Crippen LogP contribution in [-0.4, -0.2) is 14.5 Å². The van der Waals surface area contributed by atoms with Crippen LogP contribution in [0.1, 0.15) is 38.3 Å². The molecular weight excluding hydrogens is 224 g/mol. The summed E-state index contributed by atoms with van der Waals surface area (Å²) in [4.78, 5) is 9.00. The van der Waals surface area contributed by atoms with Gasteiger partial charge in [0.05, 0.1) is 0 Å². The molecule has 0 aliphatic heterocycles. The quantitative estimate of drug-likeness (QED) is 0.903. The van der Waals surface area contributed by atoms with Crippen LogP contribution in [0, 0.1) is 12.3 Å². The van der Waals surface area contributed by atoms with E-state index in [1.807, 2.05) is 19.1 Å². The van der Waals surface area contributed by atoms with Gasteiger partial charge in [-0.2, -0.15) is 0 Å². The summed E-state index contributed by atoms with van der Waals surface area (Å²) < 4.78 is 2.10. The van der Waals surface area contributed by atoms with Gasteiger partial charge in [0.1, 0.15) is 5.52 Å². The maximum absolute atomic E-state index is 6.06. The predicted octanol–water partition coefficient (Wildman–Crippen LogP) is 2.90. The molecule has 3 rings (SSSR count). The van der Waals surface area contributed by atoms with E-state index in [4.69, 9.17) is 5.73 Å². The average molecular weight is 244 g/mol. The number of pyridine rings is 1. The monoisotopic (exact) mass is 244 g/mol. The molecule has 2 aromatic heterocycles. The van der Waals surface area contributed by atoms with Crippen LogP contribution >= 0.6 is 0 Å². The Kier molecular flexibility index (Phi) is 2.54. The number of fused-ring (bicyclic) bond motifs is 1. The van der Waals surface area contributed by atoms with Crippen LogP contribution in [0.3, 0.4) is 0 Å². The van der Waals surface area contributed by atoms with Gasteiger partial charge >= 0.3 is 0 Å². The molecule has 1 aliphatic rings. The van der Waals surface area contributed by atoms with Crippen LogP contribution in [0.4, 0.5) is 5.95 Å². The summed E-state index contributed by atoms with van der Waals surface area (Å²) in [7, 11) is 0. The zero-order valence-corrected chi connectivity index (χ0v) is 11.1. The molecular formula is C14H20N4. The Morgan fingerprint density at radius 1 is 1.33 bits per heavy atom. The highest BCUT2D eigenvalue weighted by atomic mass is 15.2. The third kappa shape index (κ3) is 1.67. The van der Waals surface area contributed by atoms with E-state index in [1.165, 1.54) is 25.7 Å². The van der Waals surface area contributed by atoms with Crippen molar-refractivity contribution in [2.45, 2.75) is 46.1 Å². The van der Waals surface area contributed by atoms with E-state index < -0.39 is 0 Å². The van der Waals surface area contributed by atoms with Gasteiger partial charge in [-0.25, -0.2) is 9.97 Å². The fraction of sp³-hybridized carbons (Fsp3) is 0.571. The molecule has 2 aromatic rings. The van der Waals surface area contributed by atoms with E-state index in [2.05, 4.69) is 21.5 Å². The molecule has 18 heavy (non-hydrogen) atoms. The lowest BCUT2D eigenvalue weighted by atomic mass is 9.67. The molecule has 96 valence electrons. The fourth-order valence-corrected chi connectivity index (χ4v) is 2.91. The second-order valence-corrected chi connectivity index (χ2v) is 5.56. The van der Waals surface area contributed by atoms with Crippen LogP contribution in [0.5, 0.6) is 0 Å². The van der Waals surface area contributed by atoms with Gasteiger partial charge in [0.25, 0.3) is 0 Å². The highest BCUT2D eigenvalue weighted by Crippen LogP contribution is 2.45. The number of nitrogens with two attached hydrogens (primary N) is 1. The van der Waals surface area contributed by atoms with E-state index >= 15 is 0 Å². The fourth-order valence-electron chi connectivity index (χ4n) is 2.91. The van der Waals surface area contributed by atoms with E-state index in [1.54, 1.807) is 0 Å². The number of aryl methyl sites for hydroxylation is 1. The van der Waals surface area contributed by atoms with Crippen molar-refractivity contribution in [3.05, 3.63) is 17.8 Å². The smallest absolute Gasteiger partial charge is 0.202 e. The summed E-state index contributed by atoms with van der Waals surface area (Å²) in [5.74, 6) is 0.600. The van der Waals surface area contributed by atoms with Crippen molar-refractivity contribution in [2.75, 3.05) is 5.73 Å². The molecule has 0 unspecified atom stereocenters. The van der Waals surface area contributed by atoms with Gasteiger partial charge in [0.2, 0.25) is 5.95 Å². The topological polar surface area (TPSA) is 56.7 Å². The van der Waals surface area contributed by atoms with Gasteiger partial charge in [-0.15, -0.1) is 0 Å². The maximum Gasteiger partial charge on any atom is 0.202 e. The number of aromatic nitrogens is 3. The van der Waals surface area contributed by atoms with Crippen LogP contribution in [0.25, 0.3) is 11.2 Å². The molecule has 0 saturated heterocycles. The number of hydrogen-bond donors (Lipinski definition) is 1. The number of rotatable bonds is 3. The van der Waals surface area contributed by atoms with Crippen molar-refractivity contribution in [3.63, 3.8) is 0 Å². The molecule has 0 radical (unpaired) electrons. The Morgan fingerprint density at radius 3 is 2.72 bits per heavy atom. The second kappa shape index (κ2) is 3.97. The Labute approximate surface area is 107 Å². The minimum absolute atomic E-state index is 0.424. The first kappa shape index (κ1) is 11.5. The molecule has 1 saturated carbocycles. The van der Waals surface area contributed by atoms with Crippen molar-refractivity contribution in [1.82, 2.24) is 14.5 Å². The SMILES string of the molecule is CCC1(Cn2c(N)nc3ccc(C)nc32)CCC1. The van der Waals surface area contributed by atoms with Crippen molar-refractivity contribution in [3.8, 4) is 0 Å². The molecule has 0 spiro atoms. The predicted molar refractivity (Wildman–Crippen MR) is 73.3 cm³/mol. The van der Waals surface area contributed by atoms with Crippen LogP contribution in [-0.2, 0) is 6.54 Å². The molecule has 0 aromatic carbocycles. The standard InChI is InChI=1S/C14H20N4/c1-3-14(7-4-8-14)9-18-12-11(17-13(18)15)6-5-10(2)16-12/h5-6H,3-4,7-9H2,1-2H3,(H2,15,17). The zero-order chi connectivity index (χ0) is 12.8. The lowest BCUT2D eigenvalue weighted by molar-refractivity contribution is 0.103. The molecule has 4 nitrogen and oxygen atoms in total. The van der Waals surface area contributed by atoms with E-state index in [9.17, 15) is 0 Å². The molecule has 0 amide bonds. The molecule has 2 N–H and O–H groups in total. The number of nitrogens with zero attached hydrogens (tertiary/aromatic N) is 3. The van der Waals surface area contributed by atoms with Crippen molar-refractivity contribution in [1.29, 1.82) is 0 Å². The van der Waals surface area contributed by atoms with E-state index in [0.29, 0.717) is 11.4 Å². The van der Waals surface area contributed by atoms with Crippen molar-refractivity contribution in [2.24, 2.45) is 5.41 Å². The highest BCUT2D eigenvalue weighted by molar-refractivity contribution is 5.74. The first-order chi connectivity index (χ1) is 8.63. The van der Waals surface area contributed by atoms with E-state index in [0.717, 1.165) is 23.4 Å². The van der Waals surface area contributed by atoms with Crippen molar-refractivity contribution >= 4 is 17.1 Å². The minimum atomic E-state index is 0.424. The maximum atomic E-state index is 6.06. The van der Waals surface area contributed by atoms with Crippen LogP contribution in [0.15, 0.2) is 12.1 Å². The third-order valence-corrected chi connectivity index (χ3v) is 4.42. The lowest BCUT2D eigenvalue weighted by Gasteiger charge is -2.41. The van der Waals surface area contributed by atoms with Gasteiger partial charge in [-0.1, -0.05) is 13.3 Å². The number of hydrogen-bond acceptors (Lipinski definition) is 3. The molecule has 2 heterocycles. The normalized spacial score (nSPS) is 17.9. The van der Waals surface area contributed by atoms with Gasteiger partial charge in [0, 0.05) is 12.2 Å². The van der Waals surface area contributed by atoms with Gasteiger partial charge < -0.3 is 5.73 Å². The summed E-state index contributed by atoms with van der Waals surface area (Å²) in [6.45, 7) is 5.24. The number of anilines is 1. The Bertz CT molecular complexity index is 575. The molecule has 0 bridgehead atoms. The van der Waals surface area contributed by atoms with Gasteiger partial charge in [0.15, 0.2) is 5.65 Å². The molecule has 1 aliphatic carbocycles. The summed E-state index contributed by atoms with van der Waals surface area (Å²) in [6, 6.07) is 3.99. The lowest BCUT2D eigenvalue weighted by Crippen LogP contribution is -2.33. The van der Waals surface area contributed by atoms with E-state index in [-0.39, 0.29) is 0 Å². The Hall–Kier alpha value is -1.58. The molecule has 0 atom stereocenters. The summed E-state index contributed by atoms with van der Waals surface area (Å²) in [6.07, 6.45) is 5.15.